The van der Waals surface area contributed by atoms with Crippen LogP contribution in [0.2, 0.25) is 0 Å². The number of benzene rings is 1. The molecule has 1 aromatic carbocycles. The third-order valence-corrected chi connectivity index (χ3v) is 3.05. The van der Waals surface area contributed by atoms with Gasteiger partial charge in [0, 0.05) is 6.42 Å². The van der Waals surface area contributed by atoms with Crippen LogP contribution in [0.1, 0.15) is 32.8 Å². The largest absolute Gasteiger partial charge is 0.496 e. The van der Waals surface area contributed by atoms with E-state index in [4.69, 9.17) is 9.47 Å². The lowest BCUT2D eigenvalue weighted by molar-refractivity contribution is 0.0495. The Morgan fingerprint density at radius 1 is 1.33 bits per heavy atom. The van der Waals surface area contributed by atoms with Crippen LogP contribution in [0.15, 0.2) is 42.2 Å². The number of hydrogen-bond donors (Lipinski definition) is 1. The molecular formula is C17H23NO3. The highest BCUT2D eigenvalue weighted by Crippen LogP contribution is 2.18. The number of nitrogens with one attached hydrogen (secondary N) is 1. The highest BCUT2D eigenvalue weighted by Gasteiger charge is 2.24. The molecular weight excluding hydrogens is 266 g/mol. The lowest BCUT2D eigenvalue weighted by Crippen LogP contribution is -2.41. The van der Waals surface area contributed by atoms with Gasteiger partial charge >= 0.3 is 6.09 Å². The molecule has 21 heavy (non-hydrogen) atoms. The predicted molar refractivity (Wildman–Crippen MR) is 82.0 cm³/mol. The fourth-order valence-electron chi connectivity index (χ4n) is 2.20. The van der Waals surface area contributed by atoms with E-state index >= 15 is 0 Å². The highest BCUT2D eigenvalue weighted by molar-refractivity contribution is 5.68. The smallest absolute Gasteiger partial charge is 0.408 e. The summed E-state index contributed by atoms with van der Waals surface area (Å²) in [6, 6.07) is 9.85. The maximum Gasteiger partial charge on any atom is 0.408 e. The van der Waals surface area contributed by atoms with Crippen molar-refractivity contribution in [3.05, 3.63) is 47.7 Å². The van der Waals surface area contributed by atoms with E-state index in [0.717, 1.165) is 17.7 Å². The summed E-state index contributed by atoms with van der Waals surface area (Å²) in [5.41, 5.74) is 0.640. The maximum atomic E-state index is 12.0. The summed E-state index contributed by atoms with van der Waals surface area (Å²) in [5.74, 6) is 0.824. The zero-order chi connectivity index (χ0) is 15.3. The average molecular weight is 289 g/mol. The van der Waals surface area contributed by atoms with Crippen molar-refractivity contribution in [1.82, 2.24) is 5.32 Å². The quantitative estimate of drug-likeness (QED) is 0.923. The average Bonchev–Trinajstić information content (AvgIpc) is 2.90. The summed E-state index contributed by atoms with van der Waals surface area (Å²) in [7, 11) is 0. The summed E-state index contributed by atoms with van der Waals surface area (Å²) < 4.78 is 10.9. The standard InChI is InChI=1S/C17H23NO3/c1-17(2,3)21-16(19)18-14(15-10-7-11-20-15)12-13-8-5-4-6-9-13/h4-6,8-10,14H,7,11-12H2,1-3H3,(H,18,19)/t14-/m0/s1. The van der Waals surface area contributed by atoms with Crippen LogP contribution in [0.3, 0.4) is 0 Å². The Balaban J connectivity index is 2.04. The monoisotopic (exact) mass is 289 g/mol. The molecule has 0 radical (unpaired) electrons. The minimum absolute atomic E-state index is 0.190. The summed E-state index contributed by atoms with van der Waals surface area (Å²) in [6.07, 6.45) is 3.19. The van der Waals surface area contributed by atoms with Gasteiger partial charge in [-0.05, 0) is 38.8 Å². The van der Waals surface area contributed by atoms with Crippen LogP contribution >= 0.6 is 0 Å². The summed E-state index contributed by atoms with van der Waals surface area (Å²) in [6.45, 7) is 6.23. The van der Waals surface area contributed by atoms with Crippen molar-refractivity contribution in [1.29, 1.82) is 0 Å². The molecule has 0 saturated carbocycles. The van der Waals surface area contributed by atoms with Gasteiger partial charge in [-0.2, -0.15) is 0 Å². The molecule has 0 aromatic heterocycles. The van der Waals surface area contributed by atoms with Gasteiger partial charge in [0.25, 0.3) is 0 Å². The molecule has 0 bridgehead atoms. The fourth-order valence-corrected chi connectivity index (χ4v) is 2.20. The first-order valence-electron chi connectivity index (χ1n) is 7.30. The van der Waals surface area contributed by atoms with E-state index in [-0.39, 0.29) is 6.04 Å². The van der Waals surface area contributed by atoms with Gasteiger partial charge in [0.15, 0.2) is 0 Å². The van der Waals surface area contributed by atoms with Gasteiger partial charge in [0.2, 0.25) is 0 Å². The number of rotatable bonds is 4. The van der Waals surface area contributed by atoms with E-state index in [1.165, 1.54) is 0 Å². The van der Waals surface area contributed by atoms with Gasteiger partial charge in [-0.25, -0.2) is 4.79 Å². The lowest BCUT2D eigenvalue weighted by atomic mass is 10.0. The third kappa shape index (κ3) is 5.14. The zero-order valence-electron chi connectivity index (χ0n) is 12.9. The van der Waals surface area contributed by atoms with Gasteiger partial charge in [-0.3, -0.25) is 0 Å². The molecule has 1 aliphatic rings. The van der Waals surface area contributed by atoms with Crippen LogP contribution in [-0.2, 0) is 15.9 Å². The highest BCUT2D eigenvalue weighted by atomic mass is 16.6. The molecule has 0 spiro atoms. The van der Waals surface area contributed by atoms with Crippen molar-refractivity contribution >= 4 is 6.09 Å². The van der Waals surface area contributed by atoms with Crippen molar-refractivity contribution in [2.45, 2.75) is 45.3 Å². The topological polar surface area (TPSA) is 47.6 Å². The minimum Gasteiger partial charge on any atom is -0.496 e. The second-order valence-corrected chi connectivity index (χ2v) is 6.13. The van der Waals surface area contributed by atoms with E-state index in [9.17, 15) is 4.79 Å². The first kappa shape index (κ1) is 15.4. The number of hydrogen-bond acceptors (Lipinski definition) is 3. The number of alkyl carbamates (subject to hydrolysis) is 1. The molecule has 1 atom stereocenters. The van der Waals surface area contributed by atoms with Crippen LogP contribution in [0.5, 0.6) is 0 Å². The second-order valence-electron chi connectivity index (χ2n) is 6.13. The first-order valence-corrected chi connectivity index (χ1v) is 7.30. The molecule has 2 rings (SSSR count). The van der Waals surface area contributed by atoms with Crippen molar-refractivity contribution in [3.63, 3.8) is 0 Å². The normalized spacial score (nSPS) is 15.9. The Morgan fingerprint density at radius 3 is 2.62 bits per heavy atom. The Labute approximate surface area is 126 Å². The number of amides is 1. The SMILES string of the molecule is CC(C)(C)OC(=O)N[C@@H](Cc1ccccc1)C1=CCCO1. The second kappa shape index (κ2) is 6.66. The molecule has 1 N–H and O–H groups in total. The van der Waals surface area contributed by atoms with Crippen LogP contribution in [-0.4, -0.2) is 24.3 Å². The number of carbonyl (C=O) groups is 1. The first-order chi connectivity index (χ1) is 9.94. The van der Waals surface area contributed by atoms with Crippen LogP contribution in [0, 0.1) is 0 Å². The van der Waals surface area contributed by atoms with E-state index in [2.05, 4.69) is 5.32 Å². The third-order valence-electron chi connectivity index (χ3n) is 3.05. The molecule has 0 unspecified atom stereocenters. The predicted octanol–water partition coefficient (Wildman–Crippen LogP) is 3.43. The van der Waals surface area contributed by atoms with Crippen LogP contribution < -0.4 is 5.32 Å². The van der Waals surface area contributed by atoms with E-state index in [0.29, 0.717) is 13.0 Å². The molecule has 4 nitrogen and oxygen atoms in total. The maximum absolute atomic E-state index is 12.0. The van der Waals surface area contributed by atoms with Crippen molar-refractivity contribution in [2.75, 3.05) is 6.61 Å². The molecule has 114 valence electrons. The van der Waals surface area contributed by atoms with Gasteiger partial charge in [-0.15, -0.1) is 0 Å². The Morgan fingerprint density at radius 2 is 2.05 bits per heavy atom. The molecule has 0 saturated heterocycles. The molecule has 0 fully saturated rings. The molecule has 1 amide bonds. The Kier molecular flexibility index (Phi) is 4.89. The van der Waals surface area contributed by atoms with Crippen molar-refractivity contribution in [3.8, 4) is 0 Å². The van der Waals surface area contributed by atoms with Gasteiger partial charge < -0.3 is 14.8 Å². The summed E-state index contributed by atoms with van der Waals surface area (Å²) in [4.78, 5) is 12.0. The van der Waals surface area contributed by atoms with E-state index in [1.807, 2.05) is 57.2 Å². The molecule has 0 aliphatic carbocycles. The van der Waals surface area contributed by atoms with E-state index < -0.39 is 11.7 Å². The molecule has 1 aliphatic heterocycles. The summed E-state index contributed by atoms with van der Waals surface area (Å²) >= 11 is 0. The fraction of sp³-hybridized carbons (Fsp3) is 0.471. The Hall–Kier alpha value is -1.97. The molecule has 1 aromatic rings. The van der Waals surface area contributed by atoms with E-state index in [1.54, 1.807) is 0 Å². The zero-order valence-corrected chi connectivity index (χ0v) is 12.9. The van der Waals surface area contributed by atoms with Crippen LogP contribution in [0.25, 0.3) is 0 Å². The molecule has 1 heterocycles. The van der Waals surface area contributed by atoms with Gasteiger partial charge in [0.05, 0.1) is 12.6 Å². The lowest BCUT2D eigenvalue weighted by Gasteiger charge is -2.24. The van der Waals surface area contributed by atoms with Gasteiger partial charge in [0.1, 0.15) is 11.4 Å². The van der Waals surface area contributed by atoms with Crippen molar-refractivity contribution < 1.29 is 14.3 Å². The number of carbonyl (C=O) groups excluding carboxylic acids is 1. The van der Waals surface area contributed by atoms with Crippen LogP contribution in [0.4, 0.5) is 4.79 Å². The minimum atomic E-state index is -0.508. The number of ether oxygens (including phenoxy) is 2. The molecule has 4 heteroatoms. The Bertz CT molecular complexity index is 503. The van der Waals surface area contributed by atoms with Crippen molar-refractivity contribution in [2.24, 2.45) is 0 Å². The summed E-state index contributed by atoms with van der Waals surface area (Å²) in [5, 5.41) is 2.91. The van der Waals surface area contributed by atoms with Gasteiger partial charge in [-0.1, -0.05) is 30.3 Å².